The lowest BCUT2D eigenvalue weighted by Crippen LogP contribution is -2.15. The molecule has 1 aliphatic rings. The van der Waals surface area contributed by atoms with Gasteiger partial charge >= 0.3 is 0 Å². The third-order valence-electron chi connectivity index (χ3n) is 2.38. The predicted molar refractivity (Wildman–Crippen MR) is 53.1 cm³/mol. The fraction of sp³-hybridized carbons (Fsp3) is 0.200. The van der Waals surface area contributed by atoms with E-state index in [1.807, 2.05) is 24.4 Å². The molecule has 0 amide bonds. The second-order valence-electron chi connectivity index (χ2n) is 3.28. The summed E-state index contributed by atoms with van der Waals surface area (Å²) >= 11 is 0. The molecule has 14 heavy (non-hydrogen) atoms. The summed E-state index contributed by atoms with van der Waals surface area (Å²) in [7, 11) is 0. The van der Waals surface area contributed by atoms with Crippen molar-refractivity contribution in [2.45, 2.75) is 0 Å². The molecule has 2 aromatic rings. The summed E-state index contributed by atoms with van der Waals surface area (Å²) in [6.45, 7) is 1.21. The Labute approximate surface area is 80.8 Å². The molecule has 0 unspecified atom stereocenters. The van der Waals surface area contributed by atoms with Crippen molar-refractivity contribution in [3.63, 3.8) is 0 Å². The molecule has 0 saturated carbocycles. The molecular weight excluding hydrogens is 180 g/mol. The molecule has 0 radical (unpaired) electrons. The quantitative estimate of drug-likeness (QED) is 0.633. The fourth-order valence-electron chi connectivity index (χ4n) is 1.69. The summed E-state index contributed by atoms with van der Waals surface area (Å²) in [5.74, 6) is 7.30. The van der Waals surface area contributed by atoms with Crippen LogP contribution in [0.5, 0.6) is 11.5 Å². The van der Waals surface area contributed by atoms with E-state index in [1.54, 1.807) is 4.68 Å². The fourth-order valence-corrected chi connectivity index (χ4v) is 1.69. The number of nitrogens with two attached hydrogens (primary N) is 1. The van der Waals surface area contributed by atoms with Gasteiger partial charge in [0.05, 0.1) is 5.52 Å². The van der Waals surface area contributed by atoms with Crippen LogP contribution in [-0.2, 0) is 0 Å². The van der Waals surface area contributed by atoms with Crippen LogP contribution in [0.4, 0.5) is 0 Å². The van der Waals surface area contributed by atoms with Gasteiger partial charge in [0, 0.05) is 17.6 Å². The van der Waals surface area contributed by atoms with Crippen molar-refractivity contribution in [3.05, 3.63) is 24.4 Å². The van der Waals surface area contributed by atoms with Crippen LogP contribution in [0.25, 0.3) is 10.9 Å². The van der Waals surface area contributed by atoms with E-state index in [0.29, 0.717) is 13.2 Å². The Morgan fingerprint density at radius 3 is 2.64 bits per heavy atom. The summed E-state index contributed by atoms with van der Waals surface area (Å²) in [6, 6.07) is 5.81. The maximum atomic E-state index is 5.73. The molecule has 0 aliphatic carbocycles. The Bertz CT molecular complexity index is 490. The van der Waals surface area contributed by atoms with Crippen LogP contribution in [0, 0.1) is 0 Å². The normalized spacial score (nSPS) is 14.6. The largest absolute Gasteiger partial charge is 0.486 e. The van der Waals surface area contributed by atoms with Crippen molar-refractivity contribution in [2.24, 2.45) is 0 Å². The summed E-state index contributed by atoms with van der Waals surface area (Å²) < 4.78 is 12.5. The first kappa shape index (κ1) is 7.55. The standard InChI is InChI=1S/C10H10N2O2/c11-12-2-1-7-5-9-10(6-8(7)12)14-4-3-13-9/h1-2,5-6H,3-4,11H2. The van der Waals surface area contributed by atoms with Crippen LogP contribution in [0.3, 0.4) is 0 Å². The average molecular weight is 190 g/mol. The topological polar surface area (TPSA) is 49.4 Å². The first-order valence-corrected chi connectivity index (χ1v) is 4.50. The minimum absolute atomic E-state index is 0.601. The van der Waals surface area contributed by atoms with Crippen molar-refractivity contribution in [3.8, 4) is 11.5 Å². The molecule has 2 heterocycles. The van der Waals surface area contributed by atoms with Gasteiger partial charge in [0.1, 0.15) is 13.2 Å². The minimum Gasteiger partial charge on any atom is -0.486 e. The van der Waals surface area contributed by atoms with Crippen LogP contribution in [-0.4, -0.2) is 17.9 Å². The van der Waals surface area contributed by atoms with Gasteiger partial charge in [-0.05, 0) is 12.1 Å². The van der Waals surface area contributed by atoms with Crippen molar-refractivity contribution in [2.75, 3.05) is 19.1 Å². The number of nitrogens with zero attached hydrogens (tertiary/aromatic N) is 1. The third kappa shape index (κ3) is 0.937. The first-order chi connectivity index (χ1) is 6.84. The van der Waals surface area contributed by atoms with Crippen LogP contribution in [0.1, 0.15) is 0 Å². The van der Waals surface area contributed by atoms with Gasteiger partial charge in [0.25, 0.3) is 0 Å². The molecule has 4 heteroatoms. The number of benzene rings is 1. The number of fused-ring (bicyclic) bond motifs is 2. The third-order valence-corrected chi connectivity index (χ3v) is 2.38. The average Bonchev–Trinajstić information content (AvgIpc) is 2.57. The van der Waals surface area contributed by atoms with Gasteiger partial charge in [-0.15, -0.1) is 0 Å². The highest BCUT2D eigenvalue weighted by atomic mass is 16.6. The van der Waals surface area contributed by atoms with E-state index >= 15 is 0 Å². The van der Waals surface area contributed by atoms with Crippen molar-refractivity contribution in [1.82, 2.24) is 4.68 Å². The van der Waals surface area contributed by atoms with Gasteiger partial charge in [0.15, 0.2) is 11.5 Å². The van der Waals surface area contributed by atoms with Gasteiger partial charge < -0.3 is 15.3 Å². The molecule has 2 N–H and O–H groups in total. The van der Waals surface area contributed by atoms with Crippen molar-refractivity contribution < 1.29 is 9.47 Å². The SMILES string of the molecule is Nn1ccc2cc3c(cc21)OCCO3. The smallest absolute Gasteiger partial charge is 0.163 e. The Morgan fingerprint density at radius 1 is 1.14 bits per heavy atom. The van der Waals surface area contributed by atoms with Crippen LogP contribution in [0.15, 0.2) is 24.4 Å². The van der Waals surface area contributed by atoms with Gasteiger partial charge in [-0.1, -0.05) is 0 Å². The summed E-state index contributed by atoms with van der Waals surface area (Å²) in [5, 5.41) is 1.07. The Hall–Kier alpha value is -1.84. The van der Waals surface area contributed by atoms with Crippen LogP contribution < -0.4 is 15.3 Å². The Balaban J connectivity index is 2.29. The Morgan fingerprint density at radius 2 is 1.86 bits per heavy atom. The monoisotopic (exact) mass is 190 g/mol. The van der Waals surface area contributed by atoms with E-state index < -0.39 is 0 Å². The number of nitrogen functional groups attached to an aromatic ring is 1. The summed E-state index contributed by atoms with van der Waals surface area (Å²) in [4.78, 5) is 0. The molecule has 0 saturated heterocycles. The van der Waals surface area contributed by atoms with E-state index in [2.05, 4.69) is 0 Å². The molecular formula is C10H10N2O2. The second-order valence-corrected chi connectivity index (χ2v) is 3.28. The molecule has 3 rings (SSSR count). The lowest BCUT2D eigenvalue weighted by molar-refractivity contribution is 0.172. The van der Waals surface area contributed by atoms with Crippen LogP contribution >= 0.6 is 0 Å². The summed E-state index contributed by atoms with van der Waals surface area (Å²) in [6.07, 6.45) is 1.82. The highest BCUT2D eigenvalue weighted by Gasteiger charge is 2.13. The van der Waals surface area contributed by atoms with E-state index in [1.165, 1.54) is 0 Å². The maximum Gasteiger partial charge on any atom is 0.163 e. The number of aromatic nitrogens is 1. The first-order valence-electron chi connectivity index (χ1n) is 4.50. The molecule has 0 spiro atoms. The molecule has 4 nitrogen and oxygen atoms in total. The number of hydrogen-bond acceptors (Lipinski definition) is 3. The highest BCUT2D eigenvalue weighted by Crippen LogP contribution is 2.34. The maximum absolute atomic E-state index is 5.73. The summed E-state index contributed by atoms with van der Waals surface area (Å²) in [5.41, 5.74) is 0.953. The molecule has 0 fully saturated rings. The number of hydrogen-bond donors (Lipinski definition) is 1. The van der Waals surface area contributed by atoms with Gasteiger partial charge in [-0.3, -0.25) is 4.68 Å². The van der Waals surface area contributed by atoms with Gasteiger partial charge in [0.2, 0.25) is 0 Å². The van der Waals surface area contributed by atoms with Gasteiger partial charge in [-0.25, -0.2) is 0 Å². The van der Waals surface area contributed by atoms with E-state index in [-0.39, 0.29) is 0 Å². The lowest BCUT2D eigenvalue weighted by Gasteiger charge is -2.18. The van der Waals surface area contributed by atoms with Crippen LogP contribution in [0.2, 0.25) is 0 Å². The zero-order valence-corrected chi connectivity index (χ0v) is 7.56. The molecule has 0 atom stereocenters. The molecule has 1 aliphatic heterocycles. The zero-order valence-electron chi connectivity index (χ0n) is 7.56. The van der Waals surface area contributed by atoms with Crippen molar-refractivity contribution >= 4 is 10.9 Å². The van der Waals surface area contributed by atoms with Gasteiger partial charge in [-0.2, -0.15) is 0 Å². The molecule has 0 bridgehead atoms. The molecule has 1 aromatic heterocycles. The predicted octanol–water partition coefficient (Wildman–Crippen LogP) is 1.13. The molecule has 72 valence electrons. The highest BCUT2D eigenvalue weighted by molar-refractivity contribution is 5.84. The van der Waals surface area contributed by atoms with Crippen molar-refractivity contribution in [1.29, 1.82) is 0 Å². The number of ether oxygens (including phenoxy) is 2. The van der Waals surface area contributed by atoms with E-state index in [9.17, 15) is 0 Å². The zero-order chi connectivity index (χ0) is 9.54. The molecule has 1 aromatic carbocycles. The van der Waals surface area contributed by atoms with E-state index in [0.717, 1.165) is 22.4 Å². The number of rotatable bonds is 0. The Kier molecular flexibility index (Phi) is 1.39. The minimum atomic E-state index is 0.601. The second kappa shape index (κ2) is 2.57. The van der Waals surface area contributed by atoms with E-state index in [4.69, 9.17) is 15.3 Å². The lowest BCUT2D eigenvalue weighted by atomic mass is 10.2.